The van der Waals surface area contributed by atoms with E-state index < -0.39 is 11.7 Å². The highest BCUT2D eigenvalue weighted by Gasteiger charge is 2.53. The third kappa shape index (κ3) is 9.19. The van der Waals surface area contributed by atoms with E-state index in [0.717, 1.165) is 65.9 Å². The summed E-state index contributed by atoms with van der Waals surface area (Å²) in [6.45, 7) is 7.06. The Morgan fingerprint density at radius 3 is 2.48 bits per heavy atom. The van der Waals surface area contributed by atoms with E-state index in [9.17, 15) is 23.2 Å². The third-order valence-corrected chi connectivity index (χ3v) is 15.4. The largest absolute Gasteiger partial charge is 0.586 e. The van der Waals surface area contributed by atoms with Crippen LogP contribution in [-0.4, -0.2) is 78.3 Å². The second-order valence-corrected chi connectivity index (χ2v) is 20.2. The molecular weight excluding hydrogens is 899 g/mol. The first-order chi connectivity index (χ1) is 33.4. The van der Waals surface area contributed by atoms with Crippen molar-refractivity contribution in [2.24, 2.45) is 0 Å². The van der Waals surface area contributed by atoms with Crippen molar-refractivity contribution >= 4 is 56.5 Å². The molecule has 5 aliphatic rings. The van der Waals surface area contributed by atoms with Crippen molar-refractivity contribution in [2.75, 3.05) is 41.7 Å². The molecule has 16 heteroatoms. The minimum absolute atomic E-state index is 0.0421. The number of fused-ring (bicyclic) bond motifs is 5. The maximum atomic E-state index is 14.0. The summed E-state index contributed by atoms with van der Waals surface area (Å²) in [5.74, 6) is -0.447. The number of alkyl halides is 2. The molecule has 13 nitrogen and oxygen atoms in total. The van der Waals surface area contributed by atoms with Gasteiger partial charge in [-0.1, -0.05) is 30.3 Å². The molecule has 69 heavy (non-hydrogen) atoms. The smallest absolute Gasteiger partial charge is 0.395 e. The minimum Gasteiger partial charge on any atom is -0.395 e. The van der Waals surface area contributed by atoms with Crippen LogP contribution >= 0.6 is 11.3 Å². The van der Waals surface area contributed by atoms with E-state index in [4.69, 9.17) is 9.97 Å². The summed E-state index contributed by atoms with van der Waals surface area (Å²) >= 11 is 1.42. The predicted octanol–water partition coefficient (Wildman–Crippen LogP) is 8.82. The molecule has 1 saturated carbocycles. The molecule has 2 saturated heterocycles. The molecule has 3 atom stereocenters. The van der Waals surface area contributed by atoms with Crippen molar-refractivity contribution in [3.8, 4) is 22.8 Å². The lowest BCUT2D eigenvalue weighted by molar-refractivity contribution is -0.286. The molecule has 0 unspecified atom stereocenters. The number of benzene rings is 3. The van der Waals surface area contributed by atoms with Crippen molar-refractivity contribution < 1.29 is 32.6 Å². The second kappa shape index (κ2) is 18.0. The van der Waals surface area contributed by atoms with Gasteiger partial charge in [0.25, 0.3) is 11.8 Å². The van der Waals surface area contributed by atoms with Gasteiger partial charge in [-0.3, -0.25) is 14.4 Å². The van der Waals surface area contributed by atoms with E-state index in [0.29, 0.717) is 77.5 Å². The number of carbonyl (C=O) groups excluding carboxylic acids is 3. The van der Waals surface area contributed by atoms with Gasteiger partial charge in [-0.15, -0.1) is 20.1 Å². The molecule has 3 aromatic carbocycles. The fourth-order valence-corrected chi connectivity index (χ4v) is 11.5. The highest BCUT2D eigenvalue weighted by atomic mass is 32.1. The van der Waals surface area contributed by atoms with Gasteiger partial charge in [0, 0.05) is 72.2 Å². The molecule has 5 N–H and O–H groups in total. The van der Waals surface area contributed by atoms with E-state index in [1.165, 1.54) is 53.1 Å². The first kappa shape index (κ1) is 44.8. The third-order valence-electron chi connectivity index (χ3n) is 14.3. The van der Waals surface area contributed by atoms with Crippen LogP contribution in [0.3, 0.4) is 0 Å². The number of amides is 3. The number of aryl methyl sites for hydroxylation is 3. The number of aromatic nitrogens is 2. The van der Waals surface area contributed by atoms with Gasteiger partial charge in [0.15, 0.2) is 11.5 Å². The number of ether oxygens (including phenoxy) is 2. The molecule has 0 spiro atoms. The molecule has 11 rings (SSSR count). The van der Waals surface area contributed by atoms with Gasteiger partial charge in [-0.05, 0) is 148 Å². The average molecular weight is 953 g/mol. The van der Waals surface area contributed by atoms with Crippen LogP contribution in [0.4, 0.5) is 26.0 Å². The number of hydrogen-bond acceptors (Lipinski definition) is 11. The highest BCUT2D eigenvalue weighted by Crippen LogP contribution is 2.52. The zero-order valence-electron chi connectivity index (χ0n) is 38.6. The van der Waals surface area contributed by atoms with E-state index >= 15 is 0 Å². The zero-order chi connectivity index (χ0) is 47.4. The summed E-state index contributed by atoms with van der Waals surface area (Å²) < 4.78 is 36.5. The Balaban J connectivity index is 0.679. The Hall–Kier alpha value is -6.65. The number of nitrogens with zero attached hydrogens (tertiary/aromatic N) is 3. The Bertz CT molecular complexity index is 3000. The predicted molar refractivity (Wildman–Crippen MR) is 263 cm³/mol. The summed E-state index contributed by atoms with van der Waals surface area (Å²) in [4.78, 5) is 54.6. The summed E-state index contributed by atoms with van der Waals surface area (Å²) in [6, 6.07) is 27.4. The van der Waals surface area contributed by atoms with Crippen LogP contribution in [-0.2, 0) is 23.1 Å². The van der Waals surface area contributed by atoms with Crippen molar-refractivity contribution in [3.05, 3.63) is 123 Å². The van der Waals surface area contributed by atoms with Crippen LogP contribution in [0.5, 0.6) is 11.5 Å². The van der Waals surface area contributed by atoms with Crippen LogP contribution in [0.2, 0.25) is 0 Å². The van der Waals surface area contributed by atoms with Crippen molar-refractivity contribution in [1.29, 1.82) is 0 Å². The monoisotopic (exact) mass is 952 g/mol. The normalized spacial score (nSPS) is 20.3. The number of pyridine rings is 2. The fourth-order valence-electron chi connectivity index (χ4n) is 10.4. The Morgan fingerprint density at radius 1 is 0.841 bits per heavy atom. The SMILES string of the molecule is Cc1ccc2c(NCCCCNC(=O)c3cccc(-c4nc(NC(=O)C5(c6ccc7c(c6)OC(F)(F)O7)CC5)ccc4C)c3)c(C(=O)N[C@H]3CCc4cc(N5C[C@H]6CC[C@@H](C5)N6)ccc4C3)sc2n1. The number of piperazine rings is 1. The van der Waals surface area contributed by atoms with E-state index in [2.05, 4.69) is 59.2 Å². The first-order valence-electron chi connectivity index (χ1n) is 24.0. The van der Waals surface area contributed by atoms with Crippen molar-refractivity contribution in [2.45, 2.75) is 101 Å². The molecule has 6 aromatic rings. The quantitative estimate of drug-likeness (QED) is 0.0669. The van der Waals surface area contributed by atoms with Gasteiger partial charge in [-0.25, -0.2) is 9.97 Å². The lowest BCUT2D eigenvalue weighted by atomic mass is 9.87. The maximum absolute atomic E-state index is 14.0. The molecule has 2 aliphatic carbocycles. The van der Waals surface area contributed by atoms with Gasteiger partial charge in [0.1, 0.15) is 15.5 Å². The van der Waals surface area contributed by atoms with Gasteiger partial charge in [0.05, 0.1) is 16.8 Å². The summed E-state index contributed by atoms with van der Waals surface area (Å²) in [6.07, 6.45) is 3.95. The topological polar surface area (TPSA) is 159 Å². The van der Waals surface area contributed by atoms with Crippen LogP contribution < -0.4 is 41.0 Å². The molecule has 2 bridgehead atoms. The number of carbonyl (C=O) groups is 3. The Morgan fingerprint density at radius 2 is 1.65 bits per heavy atom. The number of unbranched alkanes of at least 4 members (excludes halogenated alkanes) is 1. The van der Waals surface area contributed by atoms with Gasteiger partial charge in [-0.2, -0.15) is 0 Å². The number of thiophene rings is 1. The molecule has 3 aliphatic heterocycles. The van der Waals surface area contributed by atoms with Crippen molar-refractivity contribution in [3.63, 3.8) is 0 Å². The lowest BCUT2D eigenvalue weighted by Crippen LogP contribution is -2.51. The number of nitrogens with one attached hydrogen (secondary N) is 5. The van der Waals surface area contributed by atoms with Crippen LogP contribution in [0.25, 0.3) is 21.5 Å². The molecule has 6 heterocycles. The molecule has 3 aromatic heterocycles. The second-order valence-electron chi connectivity index (χ2n) is 19.2. The van der Waals surface area contributed by atoms with Crippen molar-refractivity contribution in [1.82, 2.24) is 25.9 Å². The van der Waals surface area contributed by atoms with Crippen LogP contribution in [0.1, 0.15) is 92.9 Å². The summed E-state index contributed by atoms with van der Waals surface area (Å²) in [5, 5.41) is 17.6. The van der Waals surface area contributed by atoms with E-state index in [-0.39, 0.29) is 35.3 Å². The number of rotatable bonds is 14. The zero-order valence-corrected chi connectivity index (χ0v) is 39.4. The van der Waals surface area contributed by atoms with Crippen LogP contribution in [0, 0.1) is 13.8 Å². The van der Waals surface area contributed by atoms with Gasteiger partial charge in [0.2, 0.25) is 5.91 Å². The summed E-state index contributed by atoms with van der Waals surface area (Å²) in [5.41, 5.74) is 8.02. The minimum atomic E-state index is -3.75. The fraction of sp³-hybridized carbons (Fsp3) is 0.377. The number of anilines is 3. The number of hydrogen-bond donors (Lipinski definition) is 5. The van der Waals surface area contributed by atoms with Gasteiger partial charge >= 0.3 is 6.29 Å². The van der Waals surface area contributed by atoms with E-state index in [1.54, 1.807) is 30.3 Å². The standard InChI is InChI=1S/C53H54F2N8O5S/c1-30-8-19-44(62-51(66)52(20-21-52)36-12-18-42-43(27-36)68-53(54,55)67-42)61-45(30)34-6-5-7-35(24-34)48(64)57-23-4-3-22-56-46-41-17-9-31(2)58-50(41)69-47(46)49(65)60-37-13-10-33-26-40(16-11-32(33)25-37)63-28-38-14-15-39(29-63)59-38/h5-9,11-12,16-19,24,26-27,37-39,56,59H,3-4,10,13-15,20-23,25,28-29H2,1-2H3,(H,57,64)(H,60,65)(H,61,62,66)/t37-,38-,39+/m0/s1. The van der Waals surface area contributed by atoms with E-state index in [1.807, 2.05) is 38.1 Å². The average Bonchev–Trinajstić information content (AvgIpc) is 3.86. The first-order valence-corrected chi connectivity index (χ1v) is 24.8. The summed E-state index contributed by atoms with van der Waals surface area (Å²) in [7, 11) is 0. The molecule has 3 amide bonds. The Kier molecular flexibility index (Phi) is 11.7. The molecule has 0 radical (unpaired) electrons. The number of halogens is 2. The Labute approximate surface area is 402 Å². The molecule has 356 valence electrons. The van der Waals surface area contributed by atoms with Gasteiger partial charge < -0.3 is 41.0 Å². The highest BCUT2D eigenvalue weighted by molar-refractivity contribution is 7.21. The lowest BCUT2D eigenvalue weighted by Gasteiger charge is -2.35. The molecule has 3 fully saturated rings. The van der Waals surface area contributed by atoms with Crippen LogP contribution in [0.15, 0.2) is 84.9 Å². The molecular formula is C53H54F2N8O5S. The maximum Gasteiger partial charge on any atom is 0.586 e.